The van der Waals surface area contributed by atoms with E-state index in [0.717, 1.165) is 0 Å². The Hall–Kier alpha value is -1.60. The first kappa shape index (κ1) is 15.5. The second-order valence-corrected chi connectivity index (χ2v) is 5.92. The predicted octanol–water partition coefficient (Wildman–Crippen LogP) is 0.582. The van der Waals surface area contributed by atoms with Crippen molar-refractivity contribution in [3.8, 4) is 5.75 Å². The zero-order valence-corrected chi connectivity index (χ0v) is 12.0. The van der Waals surface area contributed by atoms with E-state index in [-0.39, 0.29) is 23.3 Å². The zero-order chi connectivity index (χ0) is 14.6. The highest BCUT2D eigenvalue weighted by molar-refractivity contribution is 7.89. The summed E-state index contributed by atoms with van der Waals surface area (Å²) >= 11 is 0. The number of primary sulfonamides is 1. The Morgan fingerprint density at radius 2 is 2.05 bits per heavy atom. The van der Waals surface area contributed by atoms with E-state index in [9.17, 15) is 13.2 Å². The molecule has 1 rings (SSSR count). The number of hydrogen-bond acceptors (Lipinski definition) is 4. The van der Waals surface area contributed by atoms with Crippen LogP contribution >= 0.6 is 0 Å². The normalized spacial score (nSPS) is 11.4. The predicted molar refractivity (Wildman–Crippen MR) is 71.5 cm³/mol. The third-order valence-electron chi connectivity index (χ3n) is 2.57. The van der Waals surface area contributed by atoms with Crippen LogP contribution in [0.15, 0.2) is 23.1 Å². The van der Waals surface area contributed by atoms with Crippen molar-refractivity contribution in [2.45, 2.75) is 24.7 Å². The molecular formula is C12H18N2O4S. The van der Waals surface area contributed by atoms with Crippen molar-refractivity contribution in [1.29, 1.82) is 0 Å². The molecule has 0 bridgehead atoms. The second kappa shape index (κ2) is 6.03. The maximum Gasteiger partial charge on any atom is 0.257 e. The molecule has 0 fully saturated rings. The van der Waals surface area contributed by atoms with Gasteiger partial charge in [-0.3, -0.25) is 4.79 Å². The molecule has 0 atom stereocenters. The standard InChI is InChI=1S/C12H18N2O4S/c1-8(2)10-6-9(19(13,16)17)4-5-11(10)18-7-12(15)14-3/h4-6,8H,7H2,1-3H3,(H,14,15)(H2,13,16,17). The van der Waals surface area contributed by atoms with Crippen molar-refractivity contribution in [3.05, 3.63) is 23.8 Å². The quantitative estimate of drug-likeness (QED) is 0.827. The first-order chi connectivity index (χ1) is 8.75. The fraction of sp³-hybridized carbons (Fsp3) is 0.417. The van der Waals surface area contributed by atoms with Crippen LogP contribution in [0.25, 0.3) is 0 Å². The molecule has 19 heavy (non-hydrogen) atoms. The summed E-state index contributed by atoms with van der Waals surface area (Å²) in [4.78, 5) is 11.2. The number of benzene rings is 1. The topological polar surface area (TPSA) is 98.5 Å². The number of ether oxygens (including phenoxy) is 1. The minimum Gasteiger partial charge on any atom is -0.483 e. The first-order valence-corrected chi connectivity index (χ1v) is 7.30. The number of rotatable bonds is 5. The van der Waals surface area contributed by atoms with E-state index in [1.165, 1.54) is 25.2 Å². The molecule has 1 aromatic carbocycles. The maximum absolute atomic E-state index is 11.3. The molecule has 0 aliphatic rings. The first-order valence-electron chi connectivity index (χ1n) is 5.76. The molecule has 0 aliphatic carbocycles. The molecule has 3 N–H and O–H groups in total. The van der Waals surface area contributed by atoms with Gasteiger partial charge in [-0.05, 0) is 29.7 Å². The Morgan fingerprint density at radius 3 is 2.53 bits per heavy atom. The van der Waals surface area contributed by atoms with Crippen molar-refractivity contribution >= 4 is 15.9 Å². The lowest BCUT2D eigenvalue weighted by atomic mass is 10.0. The van der Waals surface area contributed by atoms with Crippen molar-refractivity contribution < 1.29 is 17.9 Å². The van der Waals surface area contributed by atoms with Crippen molar-refractivity contribution in [1.82, 2.24) is 5.32 Å². The molecule has 7 heteroatoms. The van der Waals surface area contributed by atoms with Gasteiger partial charge in [-0.1, -0.05) is 13.8 Å². The summed E-state index contributed by atoms with van der Waals surface area (Å²) in [6.45, 7) is 3.68. The SMILES string of the molecule is CNC(=O)COc1ccc(S(N)(=O)=O)cc1C(C)C. The molecule has 0 unspecified atom stereocenters. The van der Waals surface area contributed by atoms with Gasteiger partial charge in [-0.15, -0.1) is 0 Å². The lowest BCUT2D eigenvalue weighted by Crippen LogP contribution is -2.25. The largest absolute Gasteiger partial charge is 0.483 e. The highest BCUT2D eigenvalue weighted by Gasteiger charge is 2.15. The monoisotopic (exact) mass is 286 g/mol. The number of carbonyl (C=O) groups is 1. The maximum atomic E-state index is 11.3. The van der Waals surface area contributed by atoms with Crippen LogP contribution in [0.5, 0.6) is 5.75 Å². The lowest BCUT2D eigenvalue weighted by Gasteiger charge is -2.14. The van der Waals surface area contributed by atoms with E-state index in [2.05, 4.69) is 5.32 Å². The van der Waals surface area contributed by atoms with E-state index in [1.54, 1.807) is 0 Å². The van der Waals surface area contributed by atoms with Crippen LogP contribution < -0.4 is 15.2 Å². The molecule has 1 amide bonds. The summed E-state index contributed by atoms with van der Waals surface area (Å²) in [5, 5.41) is 7.53. The van der Waals surface area contributed by atoms with Gasteiger partial charge in [-0.25, -0.2) is 13.6 Å². The van der Waals surface area contributed by atoms with Crippen LogP contribution in [0.1, 0.15) is 25.3 Å². The van der Waals surface area contributed by atoms with Gasteiger partial charge >= 0.3 is 0 Å². The van der Waals surface area contributed by atoms with E-state index in [4.69, 9.17) is 9.88 Å². The van der Waals surface area contributed by atoms with Gasteiger partial charge < -0.3 is 10.1 Å². The van der Waals surface area contributed by atoms with Crippen molar-refractivity contribution in [3.63, 3.8) is 0 Å². The Kier molecular flexibility index (Phi) is 4.90. The highest BCUT2D eigenvalue weighted by atomic mass is 32.2. The highest BCUT2D eigenvalue weighted by Crippen LogP contribution is 2.28. The number of nitrogens with two attached hydrogens (primary N) is 1. The molecule has 0 saturated carbocycles. The minimum absolute atomic E-state index is 0.0310. The third kappa shape index (κ3) is 4.22. The molecule has 1 aromatic rings. The molecule has 6 nitrogen and oxygen atoms in total. The Balaban J connectivity index is 3.09. The fourth-order valence-corrected chi connectivity index (χ4v) is 2.05. The molecule has 0 saturated heterocycles. The van der Waals surface area contributed by atoms with Crippen LogP contribution in [-0.4, -0.2) is 28.0 Å². The van der Waals surface area contributed by atoms with Crippen LogP contribution in [-0.2, 0) is 14.8 Å². The summed E-state index contributed by atoms with van der Waals surface area (Å²) in [6, 6.07) is 4.34. The van der Waals surface area contributed by atoms with E-state index < -0.39 is 10.0 Å². The Bertz CT molecular complexity index is 567. The molecule has 0 aliphatic heterocycles. The summed E-state index contributed by atoms with van der Waals surface area (Å²) in [7, 11) is -2.23. The van der Waals surface area contributed by atoms with Gasteiger partial charge in [0.05, 0.1) is 4.90 Å². The second-order valence-electron chi connectivity index (χ2n) is 4.36. The number of likely N-dealkylation sites (N-methyl/N-ethyl adjacent to an activating group) is 1. The average molecular weight is 286 g/mol. The van der Waals surface area contributed by atoms with Gasteiger partial charge in [0.1, 0.15) is 5.75 Å². The molecule has 0 heterocycles. The smallest absolute Gasteiger partial charge is 0.257 e. The van der Waals surface area contributed by atoms with Crippen molar-refractivity contribution in [2.75, 3.05) is 13.7 Å². The van der Waals surface area contributed by atoms with Gasteiger partial charge in [-0.2, -0.15) is 0 Å². The van der Waals surface area contributed by atoms with Crippen molar-refractivity contribution in [2.24, 2.45) is 5.14 Å². The summed E-state index contributed by atoms with van der Waals surface area (Å²) in [6.07, 6.45) is 0. The van der Waals surface area contributed by atoms with E-state index in [0.29, 0.717) is 11.3 Å². The molecule has 0 radical (unpaired) electrons. The number of carbonyl (C=O) groups excluding carboxylic acids is 1. The third-order valence-corrected chi connectivity index (χ3v) is 3.48. The van der Waals surface area contributed by atoms with Gasteiger partial charge in [0, 0.05) is 7.05 Å². The van der Waals surface area contributed by atoms with Crippen LogP contribution in [0, 0.1) is 0 Å². The number of nitrogens with one attached hydrogen (secondary N) is 1. The Morgan fingerprint density at radius 1 is 1.42 bits per heavy atom. The average Bonchev–Trinajstić information content (AvgIpc) is 2.34. The molecule has 0 spiro atoms. The fourth-order valence-electron chi connectivity index (χ4n) is 1.50. The summed E-state index contributed by atoms with van der Waals surface area (Å²) in [5.41, 5.74) is 0.690. The molecular weight excluding hydrogens is 268 g/mol. The van der Waals surface area contributed by atoms with Crippen LogP contribution in [0.2, 0.25) is 0 Å². The van der Waals surface area contributed by atoms with Crippen LogP contribution in [0.4, 0.5) is 0 Å². The minimum atomic E-state index is -3.75. The van der Waals surface area contributed by atoms with Gasteiger partial charge in [0.25, 0.3) is 5.91 Å². The lowest BCUT2D eigenvalue weighted by molar-refractivity contribution is -0.122. The van der Waals surface area contributed by atoms with Gasteiger partial charge in [0.2, 0.25) is 10.0 Å². The summed E-state index contributed by atoms with van der Waals surface area (Å²) < 4.78 is 28.0. The number of amides is 1. The van der Waals surface area contributed by atoms with E-state index in [1.807, 2.05) is 13.8 Å². The van der Waals surface area contributed by atoms with E-state index >= 15 is 0 Å². The number of hydrogen-bond donors (Lipinski definition) is 2. The van der Waals surface area contributed by atoms with Gasteiger partial charge in [0.15, 0.2) is 6.61 Å². The Labute approximate surface area is 113 Å². The number of sulfonamides is 1. The zero-order valence-electron chi connectivity index (χ0n) is 11.1. The molecule has 106 valence electrons. The summed E-state index contributed by atoms with van der Waals surface area (Å²) in [5.74, 6) is 0.262. The van der Waals surface area contributed by atoms with Crippen LogP contribution in [0.3, 0.4) is 0 Å². The molecule has 0 aromatic heterocycles.